The molecule has 0 bridgehead atoms. The first-order chi connectivity index (χ1) is 12.4. The number of benzene rings is 3. The van der Waals surface area contributed by atoms with Crippen LogP contribution in [0.25, 0.3) is 21.5 Å². The van der Waals surface area contributed by atoms with Gasteiger partial charge in [-0.3, -0.25) is 0 Å². The number of fused-ring (bicyclic) bond motifs is 3. The zero-order chi connectivity index (χ0) is 17.3. The van der Waals surface area contributed by atoms with Crippen molar-refractivity contribution in [1.82, 2.24) is 0 Å². The summed E-state index contributed by atoms with van der Waals surface area (Å²) in [6.45, 7) is 3.09. The lowest BCUT2D eigenvalue weighted by Crippen LogP contribution is -1.98. The number of rotatable bonds is 10. The third-order valence-corrected chi connectivity index (χ3v) is 5.00. The summed E-state index contributed by atoms with van der Waals surface area (Å²) in [5.74, 6) is 1.02. The first-order valence-corrected chi connectivity index (χ1v) is 9.93. The molecule has 0 fully saturated rings. The normalized spacial score (nSPS) is 11.2. The average molecular weight is 335 g/mol. The summed E-state index contributed by atoms with van der Waals surface area (Å²) in [7, 11) is 0. The Hall–Kier alpha value is -2.02. The fourth-order valence-electron chi connectivity index (χ4n) is 3.56. The van der Waals surface area contributed by atoms with Gasteiger partial charge in [0.15, 0.2) is 0 Å². The fourth-order valence-corrected chi connectivity index (χ4v) is 3.56. The highest BCUT2D eigenvalue weighted by atomic mass is 16.5. The number of hydrogen-bond donors (Lipinski definition) is 0. The smallest absolute Gasteiger partial charge is 0.127 e. The van der Waals surface area contributed by atoms with Crippen molar-refractivity contribution in [2.75, 3.05) is 6.61 Å². The van der Waals surface area contributed by atoms with Crippen LogP contribution in [0.15, 0.2) is 54.6 Å². The molecular formula is C24H30O. The quantitative estimate of drug-likeness (QED) is 0.275. The van der Waals surface area contributed by atoms with Crippen LogP contribution in [0.2, 0.25) is 0 Å². The molecule has 0 saturated heterocycles. The third-order valence-electron chi connectivity index (χ3n) is 5.00. The molecule has 1 heteroatoms. The molecule has 0 heterocycles. The first kappa shape index (κ1) is 17.8. The molecule has 0 spiro atoms. The second-order valence-corrected chi connectivity index (χ2v) is 6.96. The van der Waals surface area contributed by atoms with Gasteiger partial charge in [-0.05, 0) is 28.6 Å². The van der Waals surface area contributed by atoms with Gasteiger partial charge in [-0.25, -0.2) is 0 Å². The zero-order valence-corrected chi connectivity index (χ0v) is 15.5. The standard InChI is InChI=1S/C24H30O/c1-2-3-4-5-6-7-8-11-19-25-24-16-12-15-22-21-14-10-9-13-20(21)17-18-23(22)24/h9-10,12-18H,2-8,11,19H2,1H3. The van der Waals surface area contributed by atoms with E-state index in [0.717, 1.165) is 18.8 Å². The van der Waals surface area contributed by atoms with Gasteiger partial charge in [-0.15, -0.1) is 0 Å². The van der Waals surface area contributed by atoms with E-state index < -0.39 is 0 Å². The lowest BCUT2D eigenvalue weighted by Gasteiger charge is -2.11. The molecule has 3 aromatic carbocycles. The second-order valence-electron chi connectivity index (χ2n) is 6.96. The predicted octanol–water partition coefficient (Wildman–Crippen LogP) is 7.51. The molecule has 0 aliphatic carbocycles. The van der Waals surface area contributed by atoms with Crippen LogP contribution < -0.4 is 4.74 Å². The second kappa shape index (κ2) is 9.46. The number of hydrogen-bond acceptors (Lipinski definition) is 1. The maximum absolute atomic E-state index is 6.11. The van der Waals surface area contributed by atoms with Gasteiger partial charge in [0.05, 0.1) is 6.61 Å². The monoisotopic (exact) mass is 334 g/mol. The van der Waals surface area contributed by atoms with Crippen LogP contribution >= 0.6 is 0 Å². The van der Waals surface area contributed by atoms with Crippen LogP contribution in [0, 0.1) is 0 Å². The summed E-state index contributed by atoms with van der Waals surface area (Å²) >= 11 is 0. The lowest BCUT2D eigenvalue weighted by atomic mass is 10.0. The van der Waals surface area contributed by atoms with E-state index in [0.29, 0.717) is 0 Å². The molecule has 0 aliphatic rings. The van der Waals surface area contributed by atoms with Gasteiger partial charge in [0.25, 0.3) is 0 Å². The van der Waals surface area contributed by atoms with Crippen LogP contribution in [0.1, 0.15) is 58.3 Å². The molecule has 0 N–H and O–H groups in total. The van der Waals surface area contributed by atoms with Crippen LogP contribution in [0.4, 0.5) is 0 Å². The summed E-state index contributed by atoms with van der Waals surface area (Å²) in [5.41, 5.74) is 0. The molecule has 0 radical (unpaired) electrons. The van der Waals surface area contributed by atoms with Crippen LogP contribution in [0.5, 0.6) is 5.75 Å². The van der Waals surface area contributed by atoms with E-state index in [1.807, 2.05) is 0 Å². The Morgan fingerprint density at radius 1 is 0.600 bits per heavy atom. The minimum atomic E-state index is 0.820. The summed E-state index contributed by atoms with van der Waals surface area (Å²) in [6.07, 6.45) is 10.7. The van der Waals surface area contributed by atoms with Crippen LogP contribution in [-0.2, 0) is 0 Å². The highest BCUT2D eigenvalue weighted by Crippen LogP contribution is 2.31. The van der Waals surface area contributed by atoms with E-state index in [1.165, 1.54) is 66.5 Å². The van der Waals surface area contributed by atoms with Crippen molar-refractivity contribution in [3.63, 3.8) is 0 Å². The largest absolute Gasteiger partial charge is 0.493 e. The van der Waals surface area contributed by atoms with Crippen molar-refractivity contribution in [3.05, 3.63) is 54.6 Å². The van der Waals surface area contributed by atoms with Gasteiger partial charge >= 0.3 is 0 Å². The molecule has 0 amide bonds. The topological polar surface area (TPSA) is 9.23 Å². The zero-order valence-electron chi connectivity index (χ0n) is 15.5. The van der Waals surface area contributed by atoms with Crippen molar-refractivity contribution in [3.8, 4) is 5.75 Å². The van der Waals surface area contributed by atoms with Crippen molar-refractivity contribution >= 4 is 21.5 Å². The highest BCUT2D eigenvalue weighted by Gasteiger charge is 2.05. The molecule has 132 valence electrons. The molecule has 0 aliphatic heterocycles. The van der Waals surface area contributed by atoms with Gasteiger partial charge < -0.3 is 4.74 Å². The van der Waals surface area contributed by atoms with E-state index in [4.69, 9.17) is 4.74 Å². The molecule has 1 nitrogen and oxygen atoms in total. The maximum atomic E-state index is 6.11. The Morgan fingerprint density at radius 2 is 1.32 bits per heavy atom. The average Bonchev–Trinajstić information content (AvgIpc) is 2.66. The Morgan fingerprint density at radius 3 is 2.16 bits per heavy atom. The number of unbranched alkanes of at least 4 members (excludes halogenated alkanes) is 7. The summed E-state index contributed by atoms with van der Waals surface area (Å²) < 4.78 is 6.11. The van der Waals surface area contributed by atoms with Gasteiger partial charge in [0.1, 0.15) is 5.75 Å². The van der Waals surface area contributed by atoms with Gasteiger partial charge in [0.2, 0.25) is 0 Å². The van der Waals surface area contributed by atoms with Crippen LogP contribution in [-0.4, -0.2) is 6.61 Å². The first-order valence-electron chi connectivity index (χ1n) is 9.93. The van der Waals surface area contributed by atoms with Crippen LogP contribution in [0.3, 0.4) is 0 Å². The van der Waals surface area contributed by atoms with E-state index in [2.05, 4.69) is 61.5 Å². The molecule has 0 unspecified atom stereocenters. The molecule has 25 heavy (non-hydrogen) atoms. The van der Waals surface area contributed by atoms with Gasteiger partial charge in [-0.1, -0.05) is 100 Å². The third kappa shape index (κ3) is 4.75. The minimum absolute atomic E-state index is 0.820. The minimum Gasteiger partial charge on any atom is -0.493 e. The molecule has 0 aromatic heterocycles. The molecule has 0 saturated carbocycles. The predicted molar refractivity (Wildman–Crippen MR) is 110 cm³/mol. The Kier molecular flexibility index (Phi) is 6.73. The van der Waals surface area contributed by atoms with Gasteiger partial charge in [-0.2, -0.15) is 0 Å². The number of ether oxygens (including phenoxy) is 1. The maximum Gasteiger partial charge on any atom is 0.127 e. The Balaban J connectivity index is 1.53. The van der Waals surface area contributed by atoms with Crippen molar-refractivity contribution in [2.45, 2.75) is 58.3 Å². The van der Waals surface area contributed by atoms with Crippen molar-refractivity contribution < 1.29 is 4.74 Å². The lowest BCUT2D eigenvalue weighted by molar-refractivity contribution is 0.307. The Labute approximate surface area is 152 Å². The van der Waals surface area contributed by atoms with Crippen molar-refractivity contribution in [2.24, 2.45) is 0 Å². The summed E-state index contributed by atoms with van der Waals surface area (Å²) in [4.78, 5) is 0. The van der Waals surface area contributed by atoms with E-state index in [1.54, 1.807) is 0 Å². The highest BCUT2D eigenvalue weighted by molar-refractivity contribution is 6.09. The fraction of sp³-hybridized carbons (Fsp3) is 0.417. The molecule has 3 rings (SSSR count). The van der Waals surface area contributed by atoms with E-state index >= 15 is 0 Å². The van der Waals surface area contributed by atoms with E-state index in [-0.39, 0.29) is 0 Å². The van der Waals surface area contributed by atoms with Crippen molar-refractivity contribution in [1.29, 1.82) is 0 Å². The Bertz CT molecular complexity index is 790. The van der Waals surface area contributed by atoms with E-state index in [9.17, 15) is 0 Å². The SMILES string of the molecule is CCCCCCCCCCOc1cccc2c1ccc1ccccc12. The molecule has 3 aromatic rings. The summed E-state index contributed by atoms with van der Waals surface area (Å²) in [5, 5.41) is 5.10. The summed E-state index contributed by atoms with van der Waals surface area (Å²) in [6, 6.07) is 19.4. The molecule has 0 atom stereocenters. The van der Waals surface area contributed by atoms with Gasteiger partial charge in [0, 0.05) is 5.39 Å². The molecular weight excluding hydrogens is 304 g/mol.